The van der Waals surface area contributed by atoms with E-state index in [1.807, 2.05) is 0 Å². The van der Waals surface area contributed by atoms with Crippen molar-refractivity contribution in [3.8, 4) is 0 Å². The largest absolute Gasteiger partial charge is 0.304 e. The molecule has 1 saturated heterocycles. The van der Waals surface area contributed by atoms with Gasteiger partial charge in [0, 0.05) is 0 Å². The molecule has 0 unspecified atom stereocenters. The summed E-state index contributed by atoms with van der Waals surface area (Å²) in [5.41, 5.74) is 4.89. The van der Waals surface area contributed by atoms with Crippen molar-refractivity contribution in [3.63, 3.8) is 0 Å². The average Bonchev–Trinajstić information content (AvgIpc) is 3.31. The van der Waals surface area contributed by atoms with E-state index < -0.39 is 0 Å². The molecule has 0 aromatic heterocycles. The molecule has 1 heterocycles. The van der Waals surface area contributed by atoms with Crippen molar-refractivity contribution in [2.24, 2.45) is 0 Å². The van der Waals surface area contributed by atoms with Gasteiger partial charge < -0.3 is 4.90 Å². The number of nitrogens with zero attached hydrogens (tertiary/aromatic N) is 1. The maximum Gasteiger partial charge on any atom is -0.00130 e. The van der Waals surface area contributed by atoms with E-state index in [4.69, 9.17) is 0 Å². The average molecular weight is 271 g/mol. The van der Waals surface area contributed by atoms with Crippen molar-refractivity contribution in [2.45, 2.75) is 64.2 Å². The van der Waals surface area contributed by atoms with Crippen molar-refractivity contribution in [1.82, 2.24) is 4.90 Å². The molecule has 110 valence electrons. The highest BCUT2D eigenvalue weighted by atomic mass is 15.1. The molecule has 1 heteroatoms. The molecule has 1 aliphatic carbocycles. The van der Waals surface area contributed by atoms with Crippen LogP contribution in [-0.2, 0) is 0 Å². The fourth-order valence-corrected chi connectivity index (χ4v) is 3.70. The van der Waals surface area contributed by atoms with E-state index in [9.17, 15) is 0 Å². The van der Waals surface area contributed by atoms with Gasteiger partial charge in [-0.1, -0.05) is 39.0 Å². The van der Waals surface area contributed by atoms with Gasteiger partial charge in [0.2, 0.25) is 0 Å². The second-order valence-corrected chi connectivity index (χ2v) is 7.03. The predicted molar refractivity (Wildman–Crippen MR) is 86.6 cm³/mol. The lowest BCUT2D eigenvalue weighted by Gasteiger charge is -2.31. The smallest absolute Gasteiger partial charge is 0.00130 e. The van der Waals surface area contributed by atoms with Crippen molar-refractivity contribution >= 4 is 0 Å². The second-order valence-electron chi connectivity index (χ2n) is 7.03. The minimum absolute atomic E-state index is 0.668. The van der Waals surface area contributed by atoms with Crippen LogP contribution in [0.3, 0.4) is 0 Å². The Labute approximate surface area is 124 Å². The molecular formula is C19H29N. The van der Waals surface area contributed by atoms with Gasteiger partial charge in [0.15, 0.2) is 0 Å². The Morgan fingerprint density at radius 3 is 2.30 bits per heavy atom. The molecular weight excluding hydrogens is 242 g/mol. The van der Waals surface area contributed by atoms with Crippen LogP contribution >= 0.6 is 0 Å². The molecule has 0 bridgehead atoms. The topological polar surface area (TPSA) is 3.24 Å². The SMILES string of the molecule is CCN1CCC(c2ccc(C(C)C)c(C3CC3)c2)CC1. The van der Waals surface area contributed by atoms with Gasteiger partial charge >= 0.3 is 0 Å². The summed E-state index contributed by atoms with van der Waals surface area (Å²) in [5.74, 6) is 2.35. The Morgan fingerprint density at radius 1 is 1.05 bits per heavy atom. The maximum absolute atomic E-state index is 2.58. The summed E-state index contributed by atoms with van der Waals surface area (Å²) in [4.78, 5) is 2.58. The van der Waals surface area contributed by atoms with Crippen LogP contribution in [0.25, 0.3) is 0 Å². The number of hydrogen-bond donors (Lipinski definition) is 0. The molecule has 1 aliphatic heterocycles. The standard InChI is InChI=1S/C19H29N/c1-4-20-11-9-15(10-12-20)17-7-8-18(14(2)3)19(13-17)16-5-6-16/h7-8,13-16H,4-6,9-12H2,1-3H3. The van der Waals surface area contributed by atoms with E-state index >= 15 is 0 Å². The molecule has 0 spiro atoms. The molecule has 1 aromatic carbocycles. The molecule has 2 fully saturated rings. The zero-order valence-electron chi connectivity index (χ0n) is 13.4. The third-order valence-electron chi connectivity index (χ3n) is 5.26. The lowest BCUT2D eigenvalue weighted by Crippen LogP contribution is -2.32. The van der Waals surface area contributed by atoms with Crippen LogP contribution in [0.4, 0.5) is 0 Å². The van der Waals surface area contributed by atoms with Crippen LogP contribution in [0.15, 0.2) is 18.2 Å². The number of piperidine rings is 1. The molecule has 1 aromatic rings. The first kappa shape index (κ1) is 14.1. The third kappa shape index (κ3) is 2.93. The first-order chi connectivity index (χ1) is 9.69. The molecule has 0 atom stereocenters. The number of rotatable bonds is 4. The summed E-state index contributed by atoms with van der Waals surface area (Å²) in [5, 5.41) is 0. The zero-order chi connectivity index (χ0) is 14.1. The number of likely N-dealkylation sites (tertiary alicyclic amines) is 1. The second kappa shape index (κ2) is 5.89. The van der Waals surface area contributed by atoms with Gasteiger partial charge in [-0.05, 0) is 79.8 Å². The van der Waals surface area contributed by atoms with E-state index in [1.165, 1.54) is 45.3 Å². The maximum atomic E-state index is 2.58. The lowest BCUT2D eigenvalue weighted by atomic mass is 9.85. The molecule has 1 nitrogen and oxygen atoms in total. The highest BCUT2D eigenvalue weighted by molar-refractivity contribution is 5.40. The van der Waals surface area contributed by atoms with Gasteiger partial charge in [-0.3, -0.25) is 0 Å². The zero-order valence-corrected chi connectivity index (χ0v) is 13.4. The first-order valence-electron chi connectivity index (χ1n) is 8.55. The molecule has 20 heavy (non-hydrogen) atoms. The fourth-order valence-electron chi connectivity index (χ4n) is 3.70. The van der Waals surface area contributed by atoms with Gasteiger partial charge in [-0.2, -0.15) is 0 Å². The molecule has 0 amide bonds. The van der Waals surface area contributed by atoms with Gasteiger partial charge in [0.1, 0.15) is 0 Å². The van der Waals surface area contributed by atoms with Crippen molar-refractivity contribution in [1.29, 1.82) is 0 Å². The summed E-state index contributed by atoms with van der Waals surface area (Å²) >= 11 is 0. The lowest BCUT2D eigenvalue weighted by molar-refractivity contribution is 0.222. The first-order valence-corrected chi connectivity index (χ1v) is 8.55. The molecule has 0 radical (unpaired) electrons. The molecule has 3 rings (SSSR count). The summed E-state index contributed by atoms with van der Waals surface area (Å²) < 4.78 is 0. The Balaban J connectivity index is 1.79. The van der Waals surface area contributed by atoms with Crippen LogP contribution in [-0.4, -0.2) is 24.5 Å². The number of benzene rings is 1. The monoisotopic (exact) mass is 271 g/mol. The fraction of sp³-hybridized carbons (Fsp3) is 0.684. The van der Waals surface area contributed by atoms with Gasteiger partial charge in [0.25, 0.3) is 0 Å². The van der Waals surface area contributed by atoms with Crippen molar-refractivity contribution in [3.05, 3.63) is 34.9 Å². The quantitative estimate of drug-likeness (QED) is 0.754. The Hall–Kier alpha value is -0.820. The third-order valence-corrected chi connectivity index (χ3v) is 5.26. The normalized spacial score (nSPS) is 21.6. The summed E-state index contributed by atoms with van der Waals surface area (Å²) in [6, 6.07) is 7.42. The van der Waals surface area contributed by atoms with E-state index in [-0.39, 0.29) is 0 Å². The van der Waals surface area contributed by atoms with Crippen molar-refractivity contribution < 1.29 is 0 Å². The highest BCUT2D eigenvalue weighted by Gasteiger charge is 2.28. The van der Waals surface area contributed by atoms with Crippen LogP contribution in [0, 0.1) is 0 Å². The van der Waals surface area contributed by atoms with Gasteiger partial charge in [0.05, 0.1) is 0 Å². The number of hydrogen-bond acceptors (Lipinski definition) is 1. The van der Waals surface area contributed by atoms with Crippen LogP contribution < -0.4 is 0 Å². The van der Waals surface area contributed by atoms with E-state index in [0.29, 0.717) is 5.92 Å². The Morgan fingerprint density at radius 2 is 1.75 bits per heavy atom. The predicted octanol–water partition coefficient (Wildman–Crippen LogP) is 4.89. The van der Waals surface area contributed by atoms with E-state index in [1.54, 1.807) is 16.7 Å². The minimum atomic E-state index is 0.668. The van der Waals surface area contributed by atoms with Gasteiger partial charge in [-0.15, -0.1) is 0 Å². The van der Waals surface area contributed by atoms with Crippen LogP contribution in [0.5, 0.6) is 0 Å². The Bertz CT molecular complexity index is 451. The minimum Gasteiger partial charge on any atom is -0.304 e. The van der Waals surface area contributed by atoms with E-state index in [0.717, 1.165) is 11.8 Å². The molecule has 2 aliphatic rings. The summed E-state index contributed by atoms with van der Waals surface area (Å²) in [6.45, 7) is 10.7. The highest BCUT2D eigenvalue weighted by Crippen LogP contribution is 2.44. The van der Waals surface area contributed by atoms with Crippen molar-refractivity contribution in [2.75, 3.05) is 19.6 Å². The summed E-state index contributed by atoms with van der Waals surface area (Å²) in [7, 11) is 0. The molecule has 1 saturated carbocycles. The Kier molecular flexibility index (Phi) is 4.16. The van der Waals surface area contributed by atoms with Crippen LogP contribution in [0.2, 0.25) is 0 Å². The summed E-state index contributed by atoms with van der Waals surface area (Å²) in [6.07, 6.45) is 5.52. The van der Waals surface area contributed by atoms with Gasteiger partial charge in [-0.25, -0.2) is 0 Å². The molecule has 0 N–H and O–H groups in total. The van der Waals surface area contributed by atoms with E-state index in [2.05, 4.69) is 43.9 Å². The van der Waals surface area contributed by atoms with Crippen LogP contribution in [0.1, 0.15) is 80.9 Å².